The molecule has 1 aromatic carbocycles. The number of rotatable bonds is 6. The number of amides is 1. The molecular formula is C18H24N4O4. The fourth-order valence-electron chi connectivity index (χ4n) is 2.23. The number of aromatic nitrogens is 2. The molecule has 2 aromatic rings. The van der Waals surface area contributed by atoms with Gasteiger partial charge in [-0.05, 0) is 26.8 Å². The van der Waals surface area contributed by atoms with E-state index in [1.807, 2.05) is 20.8 Å². The van der Waals surface area contributed by atoms with E-state index >= 15 is 0 Å². The van der Waals surface area contributed by atoms with Crippen LogP contribution in [0.3, 0.4) is 0 Å². The molecule has 8 heteroatoms. The van der Waals surface area contributed by atoms with Crippen LogP contribution in [0.25, 0.3) is 0 Å². The van der Waals surface area contributed by atoms with Gasteiger partial charge in [0.1, 0.15) is 5.69 Å². The second-order valence-electron chi connectivity index (χ2n) is 6.51. The summed E-state index contributed by atoms with van der Waals surface area (Å²) in [6.45, 7) is 5.96. The number of nitrogens with one attached hydrogen (secondary N) is 2. The smallest absolute Gasteiger partial charge is 0.274 e. The van der Waals surface area contributed by atoms with Crippen molar-refractivity contribution in [2.45, 2.75) is 26.3 Å². The fraction of sp³-hybridized carbons (Fsp3) is 0.389. The summed E-state index contributed by atoms with van der Waals surface area (Å²) in [6, 6.07) is 4.84. The van der Waals surface area contributed by atoms with Crippen molar-refractivity contribution in [1.82, 2.24) is 9.97 Å². The Morgan fingerprint density at radius 2 is 1.65 bits per heavy atom. The molecule has 0 bridgehead atoms. The van der Waals surface area contributed by atoms with Crippen LogP contribution in [0.15, 0.2) is 24.4 Å². The van der Waals surface area contributed by atoms with Gasteiger partial charge in [-0.3, -0.25) is 4.79 Å². The molecule has 0 atom stereocenters. The third-order valence-corrected chi connectivity index (χ3v) is 3.30. The number of carbonyl (C=O) groups excluding carboxylic acids is 1. The van der Waals surface area contributed by atoms with Crippen molar-refractivity contribution in [2.75, 3.05) is 32.0 Å². The third kappa shape index (κ3) is 4.75. The molecule has 140 valence electrons. The molecule has 1 heterocycles. The molecule has 0 radical (unpaired) electrons. The molecule has 8 nitrogen and oxygen atoms in total. The molecule has 0 aliphatic carbocycles. The number of anilines is 2. The second-order valence-corrected chi connectivity index (χ2v) is 6.51. The van der Waals surface area contributed by atoms with Crippen molar-refractivity contribution in [3.63, 3.8) is 0 Å². The average Bonchev–Trinajstić information content (AvgIpc) is 2.59. The Bertz CT molecular complexity index is 762. The molecule has 2 rings (SSSR count). The Balaban J connectivity index is 2.26. The van der Waals surface area contributed by atoms with E-state index in [2.05, 4.69) is 20.6 Å². The van der Waals surface area contributed by atoms with E-state index in [0.717, 1.165) is 0 Å². The lowest BCUT2D eigenvalue weighted by Crippen LogP contribution is -2.28. The predicted molar refractivity (Wildman–Crippen MR) is 99.5 cm³/mol. The zero-order valence-corrected chi connectivity index (χ0v) is 15.8. The zero-order valence-electron chi connectivity index (χ0n) is 15.8. The van der Waals surface area contributed by atoms with E-state index < -0.39 is 0 Å². The maximum absolute atomic E-state index is 12.5. The predicted octanol–water partition coefficient (Wildman–Crippen LogP) is 2.97. The van der Waals surface area contributed by atoms with Crippen LogP contribution in [0.1, 0.15) is 31.3 Å². The minimum absolute atomic E-state index is 0.216. The standard InChI is InChI=1S/C18H24N4O4/c1-18(2,3)22-17-19-8-7-12(21-17)16(23)20-11-9-13(24-4)15(26-6)14(10-11)25-5/h7-10H,1-6H3,(H,20,23)(H,19,21,22). The first kappa shape index (κ1) is 19.3. The van der Waals surface area contributed by atoms with E-state index in [4.69, 9.17) is 14.2 Å². The number of nitrogens with zero attached hydrogens (tertiary/aromatic N) is 2. The van der Waals surface area contributed by atoms with E-state index in [0.29, 0.717) is 28.9 Å². The van der Waals surface area contributed by atoms with Crippen molar-refractivity contribution in [1.29, 1.82) is 0 Å². The van der Waals surface area contributed by atoms with Crippen LogP contribution >= 0.6 is 0 Å². The van der Waals surface area contributed by atoms with Crippen LogP contribution in [0.5, 0.6) is 17.2 Å². The van der Waals surface area contributed by atoms with E-state index in [1.54, 1.807) is 18.2 Å². The summed E-state index contributed by atoms with van der Waals surface area (Å²) in [5.41, 5.74) is 0.514. The van der Waals surface area contributed by atoms with Crippen LogP contribution in [-0.2, 0) is 0 Å². The molecule has 1 amide bonds. The van der Waals surface area contributed by atoms with Crippen molar-refractivity contribution < 1.29 is 19.0 Å². The van der Waals surface area contributed by atoms with E-state index in [1.165, 1.54) is 27.5 Å². The summed E-state index contributed by atoms with van der Waals surface area (Å²) < 4.78 is 15.9. The highest BCUT2D eigenvalue weighted by atomic mass is 16.5. The Morgan fingerprint density at radius 3 is 2.15 bits per heavy atom. The summed E-state index contributed by atoms with van der Waals surface area (Å²) in [4.78, 5) is 20.9. The molecule has 1 aromatic heterocycles. The molecule has 26 heavy (non-hydrogen) atoms. The molecular weight excluding hydrogens is 336 g/mol. The van der Waals surface area contributed by atoms with Crippen LogP contribution < -0.4 is 24.8 Å². The normalized spacial score (nSPS) is 10.8. The van der Waals surface area contributed by atoms with Crippen LogP contribution in [0.4, 0.5) is 11.6 Å². The van der Waals surface area contributed by atoms with Crippen molar-refractivity contribution >= 4 is 17.5 Å². The number of hydrogen-bond acceptors (Lipinski definition) is 7. The molecule has 0 saturated carbocycles. The van der Waals surface area contributed by atoms with E-state index in [9.17, 15) is 4.79 Å². The van der Waals surface area contributed by atoms with Gasteiger partial charge < -0.3 is 24.8 Å². The Hall–Kier alpha value is -3.03. The Morgan fingerprint density at radius 1 is 1.04 bits per heavy atom. The second kappa shape index (κ2) is 7.90. The Labute approximate surface area is 152 Å². The van der Waals surface area contributed by atoms with Gasteiger partial charge in [-0.2, -0.15) is 0 Å². The Kier molecular flexibility index (Phi) is 5.86. The SMILES string of the molecule is COc1cc(NC(=O)c2ccnc(NC(C)(C)C)n2)cc(OC)c1OC. The largest absolute Gasteiger partial charge is 0.493 e. The van der Waals surface area contributed by atoms with Gasteiger partial charge in [-0.15, -0.1) is 0 Å². The highest BCUT2D eigenvalue weighted by Crippen LogP contribution is 2.39. The average molecular weight is 360 g/mol. The van der Waals surface area contributed by atoms with Gasteiger partial charge >= 0.3 is 0 Å². The minimum Gasteiger partial charge on any atom is -0.493 e. The quantitative estimate of drug-likeness (QED) is 0.818. The summed E-state index contributed by atoms with van der Waals surface area (Å²) in [5, 5.41) is 5.91. The molecule has 0 fully saturated rings. The van der Waals surface area contributed by atoms with Crippen molar-refractivity contribution in [3.05, 3.63) is 30.1 Å². The van der Waals surface area contributed by atoms with Gasteiger partial charge in [0.25, 0.3) is 5.91 Å². The van der Waals surface area contributed by atoms with Gasteiger partial charge in [0.15, 0.2) is 11.5 Å². The van der Waals surface area contributed by atoms with Gasteiger partial charge in [0, 0.05) is 29.6 Å². The number of carbonyl (C=O) groups is 1. The minimum atomic E-state index is -0.376. The number of benzene rings is 1. The van der Waals surface area contributed by atoms with Crippen molar-refractivity contribution in [2.24, 2.45) is 0 Å². The summed E-state index contributed by atoms with van der Waals surface area (Å²) in [7, 11) is 4.54. The first-order valence-electron chi connectivity index (χ1n) is 8.00. The fourth-order valence-corrected chi connectivity index (χ4v) is 2.23. The molecule has 0 unspecified atom stereocenters. The van der Waals surface area contributed by atoms with Crippen LogP contribution in [0, 0.1) is 0 Å². The lowest BCUT2D eigenvalue weighted by atomic mass is 10.1. The maximum Gasteiger partial charge on any atom is 0.274 e. The highest BCUT2D eigenvalue weighted by molar-refractivity contribution is 6.03. The lowest BCUT2D eigenvalue weighted by Gasteiger charge is -2.20. The van der Waals surface area contributed by atoms with Gasteiger partial charge in [0.2, 0.25) is 11.7 Å². The number of methoxy groups -OCH3 is 3. The number of hydrogen-bond donors (Lipinski definition) is 2. The topological polar surface area (TPSA) is 94.6 Å². The van der Waals surface area contributed by atoms with Gasteiger partial charge in [-0.25, -0.2) is 9.97 Å². The van der Waals surface area contributed by atoms with Gasteiger partial charge in [0.05, 0.1) is 21.3 Å². The molecule has 0 aliphatic rings. The summed E-state index contributed by atoms with van der Waals surface area (Å²) in [5.74, 6) is 1.35. The summed E-state index contributed by atoms with van der Waals surface area (Å²) in [6.07, 6.45) is 1.53. The van der Waals surface area contributed by atoms with Gasteiger partial charge in [-0.1, -0.05) is 0 Å². The van der Waals surface area contributed by atoms with E-state index in [-0.39, 0.29) is 17.1 Å². The number of ether oxygens (including phenoxy) is 3. The third-order valence-electron chi connectivity index (χ3n) is 3.30. The van der Waals surface area contributed by atoms with Crippen LogP contribution in [0.2, 0.25) is 0 Å². The first-order valence-corrected chi connectivity index (χ1v) is 8.00. The molecule has 0 spiro atoms. The monoisotopic (exact) mass is 360 g/mol. The van der Waals surface area contributed by atoms with Crippen LogP contribution in [-0.4, -0.2) is 42.7 Å². The maximum atomic E-state index is 12.5. The molecule has 0 aliphatic heterocycles. The first-order chi connectivity index (χ1) is 12.3. The lowest BCUT2D eigenvalue weighted by molar-refractivity contribution is 0.102. The zero-order chi connectivity index (χ0) is 19.3. The van der Waals surface area contributed by atoms with Crippen molar-refractivity contribution in [3.8, 4) is 17.2 Å². The summed E-state index contributed by atoms with van der Waals surface area (Å²) >= 11 is 0. The highest BCUT2D eigenvalue weighted by Gasteiger charge is 2.17. The molecule has 0 saturated heterocycles. The molecule has 2 N–H and O–H groups in total.